The number of carbonyl (C=O) groups excluding carboxylic acids is 1. The van der Waals surface area contributed by atoms with Crippen molar-refractivity contribution >= 4 is 5.78 Å². The fourth-order valence-corrected chi connectivity index (χ4v) is 2.56. The van der Waals surface area contributed by atoms with E-state index in [-0.39, 0.29) is 22.8 Å². The molecule has 23 heavy (non-hydrogen) atoms. The maximum Gasteiger partial charge on any atom is 0.229 e. The molecule has 2 rings (SSSR count). The van der Waals surface area contributed by atoms with E-state index in [0.29, 0.717) is 5.56 Å². The van der Waals surface area contributed by atoms with Crippen LogP contribution in [0.4, 0.5) is 0 Å². The summed E-state index contributed by atoms with van der Waals surface area (Å²) in [5.74, 6) is -0.481. The summed E-state index contributed by atoms with van der Waals surface area (Å²) in [6.07, 6.45) is -7.04. The molecule has 128 valence electrons. The maximum absolute atomic E-state index is 11.4. The lowest BCUT2D eigenvalue weighted by Crippen LogP contribution is -2.60. The zero-order valence-electron chi connectivity index (χ0n) is 12.7. The van der Waals surface area contributed by atoms with Gasteiger partial charge in [-0.25, -0.2) is 0 Å². The second-order valence-corrected chi connectivity index (χ2v) is 5.51. The lowest BCUT2D eigenvalue weighted by molar-refractivity contribution is -0.277. The van der Waals surface area contributed by atoms with Gasteiger partial charge in [0.05, 0.1) is 12.2 Å². The summed E-state index contributed by atoms with van der Waals surface area (Å²) in [4.78, 5) is 11.4. The number of rotatable bonds is 4. The maximum atomic E-state index is 11.4. The van der Waals surface area contributed by atoms with Crippen molar-refractivity contribution in [3.05, 3.63) is 23.3 Å². The molecule has 0 bridgehead atoms. The van der Waals surface area contributed by atoms with Gasteiger partial charge in [0.1, 0.15) is 35.9 Å². The number of phenolic OH excluding ortho intramolecular Hbond substituents is 1. The van der Waals surface area contributed by atoms with Gasteiger partial charge in [0.25, 0.3) is 0 Å². The van der Waals surface area contributed by atoms with Crippen molar-refractivity contribution in [2.45, 2.75) is 44.6 Å². The second kappa shape index (κ2) is 6.81. The SMILES string of the molecule is CC(=O)c1c(C)cc(O[C@@H]2O[C@H](CO)[C@@H](O)[C@H](O)[C@H]2O)cc1O. The van der Waals surface area contributed by atoms with Crippen LogP contribution in [0.1, 0.15) is 22.8 Å². The molecule has 1 aliphatic heterocycles. The minimum Gasteiger partial charge on any atom is -0.507 e. The molecular weight excluding hydrogens is 308 g/mol. The summed E-state index contributed by atoms with van der Waals surface area (Å²) in [6, 6.07) is 2.66. The first-order valence-corrected chi connectivity index (χ1v) is 7.08. The molecule has 0 saturated carbocycles. The summed E-state index contributed by atoms with van der Waals surface area (Å²) in [7, 11) is 0. The Balaban J connectivity index is 2.23. The highest BCUT2D eigenvalue weighted by Crippen LogP contribution is 2.30. The van der Waals surface area contributed by atoms with E-state index in [9.17, 15) is 25.2 Å². The van der Waals surface area contributed by atoms with Crippen molar-refractivity contribution in [3.8, 4) is 11.5 Å². The number of Topliss-reactive ketones (excluding diaryl/α,β-unsaturated/α-hetero) is 1. The molecule has 0 unspecified atom stereocenters. The Bertz CT molecular complexity index is 562. The van der Waals surface area contributed by atoms with Gasteiger partial charge < -0.3 is 35.0 Å². The fourth-order valence-electron chi connectivity index (χ4n) is 2.56. The molecule has 1 fully saturated rings. The fraction of sp³-hybridized carbons (Fsp3) is 0.533. The lowest BCUT2D eigenvalue weighted by atomic mass is 9.99. The van der Waals surface area contributed by atoms with E-state index in [1.165, 1.54) is 19.1 Å². The van der Waals surface area contributed by atoms with Gasteiger partial charge in [-0.1, -0.05) is 0 Å². The van der Waals surface area contributed by atoms with Crippen LogP contribution >= 0.6 is 0 Å². The molecule has 0 radical (unpaired) electrons. The van der Waals surface area contributed by atoms with Crippen LogP contribution in [0.5, 0.6) is 11.5 Å². The monoisotopic (exact) mass is 328 g/mol. The Labute approximate surface area is 132 Å². The van der Waals surface area contributed by atoms with Gasteiger partial charge in [-0.3, -0.25) is 4.79 Å². The first-order valence-electron chi connectivity index (χ1n) is 7.08. The number of aliphatic hydroxyl groups excluding tert-OH is 4. The summed E-state index contributed by atoms with van der Waals surface area (Å²) in [5, 5.41) is 48.3. The zero-order chi connectivity index (χ0) is 17.3. The van der Waals surface area contributed by atoms with Crippen LogP contribution in [0, 0.1) is 6.92 Å². The van der Waals surface area contributed by atoms with Gasteiger partial charge in [0, 0.05) is 6.07 Å². The Morgan fingerprint density at radius 3 is 2.39 bits per heavy atom. The van der Waals surface area contributed by atoms with Crippen LogP contribution < -0.4 is 4.74 Å². The molecule has 8 nitrogen and oxygen atoms in total. The molecule has 1 aromatic rings. The smallest absolute Gasteiger partial charge is 0.229 e. The number of benzene rings is 1. The highest BCUT2D eigenvalue weighted by Gasteiger charge is 2.44. The minimum absolute atomic E-state index is 0.106. The van der Waals surface area contributed by atoms with Gasteiger partial charge in [-0.05, 0) is 25.5 Å². The molecule has 0 spiro atoms. The topological polar surface area (TPSA) is 137 Å². The molecule has 0 aromatic heterocycles. The standard InChI is InChI=1S/C15H20O8/c1-6-3-8(4-9(18)11(6)7(2)17)22-15-14(21)13(20)12(19)10(5-16)23-15/h3-4,10,12-16,18-21H,5H2,1-2H3/t10-,12-,13+,14-,15-/m1/s1. The van der Waals surface area contributed by atoms with Gasteiger partial charge in [-0.15, -0.1) is 0 Å². The summed E-state index contributed by atoms with van der Waals surface area (Å²) < 4.78 is 10.6. The third-order valence-corrected chi connectivity index (χ3v) is 3.74. The van der Waals surface area contributed by atoms with Crippen LogP contribution in [0.25, 0.3) is 0 Å². The average molecular weight is 328 g/mol. The summed E-state index contributed by atoms with van der Waals surface area (Å²) in [6.45, 7) is 2.36. The predicted molar refractivity (Wildman–Crippen MR) is 77.2 cm³/mol. The van der Waals surface area contributed by atoms with Crippen LogP contribution in [0.3, 0.4) is 0 Å². The number of phenols is 1. The number of aryl methyl sites for hydroxylation is 1. The number of ketones is 1. The van der Waals surface area contributed by atoms with Gasteiger partial charge in [-0.2, -0.15) is 0 Å². The third kappa shape index (κ3) is 3.46. The molecule has 1 heterocycles. The van der Waals surface area contributed by atoms with E-state index >= 15 is 0 Å². The van der Waals surface area contributed by atoms with Crippen molar-refractivity contribution in [2.24, 2.45) is 0 Å². The molecule has 1 saturated heterocycles. The van der Waals surface area contributed by atoms with Crippen LogP contribution in [0.15, 0.2) is 12.1 Å². The highest BCUT2D eigenvalue weighted by molar-refractivity contribution is 5.98. The highest BCUT2D eigenvalue weighted by atomic mass is 16.7. The van der Waals surface area contributed by atoms with Crippen molar-refractivity contribution < 1.29 is 39.8 Å². The van der Waals surface area contributed by atoms with Crippen molar-refractivity contribution in [2.75, 3.05) is 6.61 Å². The molecule has 0 amide bonds. The minimum atomic E-state index is -1.56. The first kappa shape index (κ1) is 17.6. The number of hydrogen-bond donors (Lipinski definition) is 5. The van der Waals surface area contributed by atoms with Crippen molar-refractivity contribution in [3.63, 3.8) is 0 Å². The number of aromatic hydroxyl groups is 1. The normalized spacial score (nSPS) is 31.0. The molecule has 8 heteroatoms. The zero-order valence-corrected chi connectivity index (χ0v) is 12.7. The molecular formula is C15H20O8. The summed E-state index contributed by atoms with van der Waals surface area (Å²) >= 11 is 0. The Hall–Kier alpha value is -1.71. The molecule has 1 aliphatic rings. The van der Waals surface area contributed by atoms with Gasteiger partial charge >= 0.3 is 0 Å². The van der Waals surface area contributed by atoms with Crippen molar-refractivity contribution in [1.29, 1.82) is 0 Å². The van der Waals surface area contributed by atoms with Crippen LogP contribution in [-0.4, -0.2) is 68.6 Å². The Morgan fingerprint density at radius 1 is 1.22 bits per heavy atom. The second-order valence-electron chi connectivity index (χ2n) is 5.51. The van der Waals surface area contributed by atoms with Crippen molar-refractivity contribution in [1.82, 2.24) is 0 Å². The Kier molecular flexibility index (Phi) is 5.23. The van der Waals surface area contributed by atoms with E-state index in [4.69, 9.17) is 14.6 Å². The van der Waals surface area contributed by atoms with Crippen LogP contribution in [-0.2, 0) is 4.74 Å². The largest absolute Gasteiger partial charge is 0.507 e. The number of carbonyl (C=O) groups is 1. The third-order valence-electron chi connectivity index (χ3n) is 3.74. The molecule has 0 aliphatic carbocycles. The number of hydrogen-bond acceptors (Lipinski definition) is 8. The quantitative estimate of drug-likeness (QED) is 0.448. The van der Waals surface area contributed by atoms with E-state index in [0.717, 1.165) is 0 Å². The lowest BCUT2D eigenvalue weighted by Gasteiger charge is -2.39. The van der Waals surface area contributed by atoms with Gasteiger partial charge in [0.15, 0.2) is 5.78 Å². The van der Waals surface area contributed by atoms with E-state index < -0.39 is 37.3 Å². The Morgan fingerprint density at radius 2 is 1.87 bits per heavy atom. The average Bonchev–Trinajstić information content (AvgIpc) is 2.46. The van der Waals surface area contributed by atoms with Crippen LogP contribution in [0.2, 0.25) is 0 Å². The predicted octanol–water partition coefficient (Wildman–Crippen LogP) is -0.918. The molecule has 1 aromatic carbocycles. The number of aliphatic hydroxyl groups is 4. The van der Waals surface area contributed by atoms with Gasteiger partial charge in [0.2, 0.25) is 6.29 Å². The van der Waals surface area contributed by atoms with E-state index in [1.807, 2.05) is 0 Å². The summed E-state index contributed by atoms with van der Waals surface area (Å²) in [5.41, 5.74) is 0.628. The van der Waals surface area contributed by atoms with E-state index in [2.05, 4.69) is 0 Å². The molecule has 5 atom stereocenters. The first-order chi connectivity index (χ1) is 10.8. The molecule has 5 N–H and O–H groups in total. The number of ether oxygens (including phenoxy) is 2. The van der Waals surface area contributed by atoms with E-state index in [1.54, 1.807) is 6.92 Å².